The number of hydrogen-bond acceptors (Lipinski definition) is 4. The molecule has 0 aromatic carbocycles. The summed E-state index contributed by atoms with van der Waals surface area (Å²) in [6, 6.07) is 0. The first-order valence-corrected chi connectivity index (χ1v) is 7.64. The van der Waals surface area contributed by atoms with Crippen molar-refractivity contribution in [3.05, 3.63) is 0 Å². The van der Waals surface area contributed by atoms with Crippen molar-refractivity contribution in [2.45, 2.75) is 12.6 Å². The maximum atomic E-state index is 12.2. The summed E-state index contributed by atoms with van der Waals surface area (Å²) in [5.41, 5.74) is 0. The fourth-order valence-electron chi connectivity index (χ4n) is 1.94. The van der Waals surface area contributed by atoms with Gasteiger partial charge in [-0.25, -0.2) is 0 Å². The fourth-order valence-corrected chi connectivity index (χ4v) is 3.28. The molecule has 0 atom stereocenters. The zero-order valence-electron chi connectivity index (χ0n) is 11.5. The Morgan fingerprint density at radius 3 is 2.19 bits per heavy atom. The van der Waals surface area contributed by atoms with Gasteiger partial charge in [-0.1, -0.05) is 0 Å². The summed E-state index contributed by atoms with van der Waals surface area (Å²) in [5, 5.41) is 8.53. The number of hydrogen-bond donors (Lipinski definition) is 1. The van der Waals surface area contributed by atoms with Gasteiger partial charge < -0.3 is 5.11 Å². The van der Waals surface area contributed by atoms with Crippen LogP contribution in [0.25, 0.3) is 0 Å². The number of carbonyl (C=O) groups is 1. The van der Waals surface area contributed by atoms with Gasteiger partial charge in [-0.05, 0) is 0 Å². The summed E-state index contributed by atoms with van der Waals surface area (Å²) >= 11 is 0. The lowest BCUT2D eigenvalue weighted by molar-refractivity contribution is -0.148. The van der Waals surface area contributed by atoms with Crippen LogP contribution in [0.2, 0.25) is 0 Å². The van der Waals surface area contributed by atoms with Crippen molar-refractivity contribution < 1.29 is 31.5 Å². The van der Waals surface area contributed by atoms with Gasteiger partial charge in [-0.15, -0.1) is 0 Å². The normalized spacial score (nSPS) is 19.1. The molecule has 7 nitrogen and oxygen atoms in total. The Bertz CT molecular complexity index is 461. The third-order valence-corrected chi connectivity index (χ3v) is 5.08. The average Bonchev–Trinajstić information content (AvgIpc) is 2.34. The van der Waals surface area contributed by atoms with Gasteiger partial charge in [-0.2, -0.15) is 30.2 Å². The number of alkyl halides is 3. The predicted molar refractivity (Wildman–Crippen MR) is 67.9 cm³/mol. The predicted octanol–water partition coefficient (Wildman–Crippen LogP) is -0.182. The van der Waals surface area contributed by atoms with E-state index < -0.39 is 28.9 Å². The topological polar surface area (TPSA) is 81.2 Å². The molecule has 21 heavy (non-hydrogen) atoms. The van der Waals surface area contributed by atoms with Crippen LogP contribution in [0.15, 0.2) is 0 Å². The van der Waals surface area contributed by atoms with Gasteiger partial charge >= 0.3 is 12.1 Å². The smallest absolute Gasteiger partial charge is 0.401 e. The first kappa shape index (κ1) is 18.1. The highest BCUT2D eigenvalue weighted by atomic mass is 32.2. The number of carboxylic acids is 1. The third-order valence-electron chi connectivity index (χ3n) is 3.09. The molecule has 1 aliphatic rings. The molecule has 1 saturated heterocycles. The van der Waals surface area contributed by atoms with E-state index in [1.807, 2.05) is 0 Å². The molecule has 11 heteroatoms. The third kappa shape index (κ3) is 5.77. The summed E-state index contributed by atoms with van der Waals surface area (Å²) < 4.78 is 62.9. The van der Waals surface area contributed by atoms with E-state index in [0.717, 1.165) is 13.5 Å². The van der Waals surface area contributed by atoms with Crippen molar-refractivity contribution in [1.82, 2.24) is 13.5 Å². The average molecular weight is 333 g/mol. The van der Waals surface area contributed by atoms with Crippen molar-refractivity contribution in [2.75, 3.05) is 46.3 Å². The van der Waals surface area contributed by atoms with E-state index in [-0.39, 0.29) is 39.1 Å². The molecule has 0 amide bonds. The monoisotopic (exact) mass is 333 g/mol. The van der Waals surface area contributed by atoms with E-state index >= 15 is 0 Å². The minimum Gasteiger partial charge on any atom is -0.481 e. The van der Waals surface area contributed by atoms with E-state index in [2.05, 4.69) is 0 Å². The summed E-state index contributed by atoms with van der Waals surface area (Å²) in [4.78, 5) is 11.6. The zero-order valence-corrected chi connectivity index (χ0v) is 12.3. The first-order chi connectivity index (χ1) is 9.52. The van der Waals surface area contributed by atoms with Gasteiger partial charge in [0, 0.05) is 39.8 Å². The van der Waals surface area contributed by atoms with Crippen LogP contribution in [-0.4, -0.2) is 85.5 Å². The fraction of sp³-hybridized carbons (Fsp3) is 0.900. The molecule has 0 aromatic rings. The molecule has 1 heterocycles. The highest BCUT2D eigenvalue weighted by Crippen LogP contribution is 2.18. The van der Waals surface area contributed by atoms with Crippen molar-refractivity contribution in [3.8, 4) is 0 Å². The van der Waals surface area contributed by atoms with Gasteiger partial charge in [0.05, 0.1) is 13.0 Å². The second-order valence-electron chi connectivity index (χ2n) is 4.76. The van der Waals surface area contributed by atoms with Gasteiger partial charge in [0.15, 0.2) is 0 Å². The number of rotatable bonds is 6. The molecule has 0 aromatic heterocycles. The molecule has 0 unspecified atom stereocenters. The minimum absolute atomic E-state index is 0.00842. The molecule has 0 radical (unpaired) electrons. The van der Waals surface area contributed by atoms with Gasteiger partial charge in [0.25, 0.3) is 10.2 Å². The Kier molecular flexibility index (Phi) is 5.96. The van der Waals surface area contributed by atoms with Crippen LogP contribution in [0.5, 0.6) is 0 Å². The molecular weight excluding hydrogens is 315 g/mol. The van der Waals surface area contributed by atoms with Crippen LogP contribution in [0.3, 0.4) is 0 Å². The van der Waals surface area contributed by atoms with Gasteiger partial charge in [0.2, 0.25) is 0 Å². The van der Waals surface area contributed by atoms with Crippen LogP contribution in [0.1, 0.15) is 6.42 Å². The number of piperazine rings is 1. The lowest BCUT2D eigenvalue weighted by Gasteiger charge is -2.35. The Morgan fingerprint density at radius 2 is 1.76 bits per heavy atom. The van der Waals surface area contributed by atoms with Crippen molar-refractivity contribution in [2.24, 2.45) is 0 Å². The number of nitrogens with zero attached hydrogens (tertiary/aromatic N) is 3. The zero-order chi connectivity index (χ0) is 16.3. The van der Waals surface area contributed by atoms with Crippen molar-refractivity contribution >= 4 is 16.2 Å². The van der Waals surface area contributed by atoms with Crippen molar-refractivity contribution in [3.63, 3.8) is 0 Å². The van der Waals surface area contributed by atoms with Crippen LogP contribution >= 0.6 is 0 Å². The molecule has 0 aliphatic carbocycles. The molecular formula is C10H18F3N3O4S. The summed E-state index contributed by atoms with van der Waals surface area (Å²) in [6.07, 6.45) is -4.64. The Labute approximate surface area is 121 Å². The van der Waals surface area contributed by atoms with Crippen LogP contribution < -0.4 is 0 Å². The molecule has 1 fully saturated rings. The Hall–Kier alpha value is -0.910. The number of aliphatic carboxylic acids is 1. The maximum absolute atomic E-state index is 12.2. The molecule has 124 valence electrons. The highest BCUT2D eigenvalue weighted by molar-refractivity contribution is 7.86. The second-order valence-corrected chi connectivity index (χ2v) is 6.80. The summed E-state index contributed by atoms with van der Waals surface area (Å²) in [7, 11) is -2.58. The van der Waals surface area contributed by atoms with E-state index in [1.165, 1.54) is 7.05 Å². The van der Waals surface area contributed by atoms with E-state index in [4.69, 9.17) is 5.11 Å². The Morgan fingerprint density at radius 1 is 1.24 bits per heavy atom. The molecule has 0 spiro atoms. The van der Waals surface area contributed by atoms with Gasteiger partial charge in [-0.3, -0.25) is 9.69 Å². The Balaban J connectivity index is 2.54. The van der Waals surface area contributed by atoms with Crippen LogP contribution in [0.4, 0.5) is 13.2 Å². The SMILES string of the molecule is CN(CCC(=O)O)S(=O)(=O)N1CCN(CC(F)(F)F)CC1. The standard InChI is InChI=1S/C10H18F3N3O4S/c1-14(3-2-9(17)18)21(19,20)16-6-4-15(5-7-16)8-10(11,12)13/h2-8H2,1H3,(H,17,18). The van der Waals surface area contributed by atoms with Crippen LogP contribution in [-0.2, 0) is 15.0 Å². The summed E-state index contributed by atoms with van der Waals surface area (Å²) in [5.74, 6) is -1.12. The molecule has 1 N–H and O–H groups in total. The van der Waals surface area contributed by atoms with Crippen LogP contribution in [0, 0.1) is 0 Å². The quantitative estimate of drug-likeness (QED) is 0.729. The summed E-state index contributed by atoms with van der Waals surface area (Å²) in [6.45, 7) is -1.35. The molecule has 1 rings (SSSR count). The lowest BCUT2D eigenvalue weighted by atomic mass is 10.3. The first-order valence-electron chi connectivity index (χ1n) is 6.24. The van der Waals surface area contributed by atoms with E-state index in [9.17, 15) is 26.4 Å². The molecule has 0 bridgehead atoms. The lowest BCUT2D eigenvalue weighted by Crippen LogP contribution is -2.53. The van der Waals surface area contributed by atoms with Gasteiger partial charge in [0.1, 0.15) is 0 Å². The largest absolute Gasteiger partial charge is 0.481 e. The molecule has 0 saturated carbocycles. The van der Waals surface area contributed by atoms with Crippen molar-refractivity contribution in [1.29, 1.82) is 0 Å². The van der Waals surface area contributed by atoms with E-state index in [1.54, 1.807) is 0 Å². The number of halogens is 3. The van der Waals surface area contributed by atoms with E-state index in [0.29, 0.717) is 0 Å². The number of carboxylic acid groups (broad SMARTS) is 1. The second kappa shape index (κ2) is 6.90. The highest BCUT2D eigenvalue weighted by Gasteiger charge is 2.35. The molecule has 1 aliphatic heterocycles. The maximum Gasteiger partial charge on any atom is 0.401 e. The minimum atomic E-state index is -4.31.